The van der Waals surface area contributed by atoms with Gasteiger partial charge in [-0.25, -0.2) is 0 Å². The lowest BCUT2D eigenvalue weighted by Gasteiger charge is -2.08. The topological polar surface area (TPSA) is 90.3 Å². The van der Waals surface area contributed by atoms with E-state index in [1.165, 1.54) is 19.2 Å². The number of benzene rings is 1. The Labute approximate surface area is 116 Å². The van der Waals surface area contributed by atoms with Gasteiger partial charge in [-0.15, -0.1) is 0 Å². The third kappa shape index (κ3) is 2.14. The highest BCUT2D eigenvalue weighted by Gasteiger charge is 2.32. The summed E-state index contributed by atoms with van der Waals surface area (Å²) in [5.41, 5.74) is 0.988. The number of hydrogen-bond donors (Lipinski definition) is 1. The van der Waals surface area contributed by atoms with Crippen LogP contribution in [-0.2, 0) is 4.79 Å². The fraction of sp³-hybridized carbons (Fsp3) is 0.286. The summed E-state index contributed by atoms with van der Waals surface area (Å²) in [5.74, 6) is -1.90. The Balaban J connectivity index is 2.26. The lowest BCUT2D eigenvalue weighted by molar-refractivity contribution is -0.118. The molecule has 1 heterocycles. The molecule has 0 fully saturated rings. The van der Waals surface area contributed by atoms with Crippen LogP contribution < -0.4 is 5.32 Å². The van der Waals surface area contributed by atoms with Crippen molar-refractivity contribution in [2.45, 2.75) is 13.3 Å². The van der Waals surface area contributed by atoms with E-state index in [0.29, 0.717) is 17.7 Å². The Morgan fingerprint density at radius 1 is 1.35 bits per heavy atom. The highest BCUT2D eigenvalue weighted by atomic mass is 16.2. The number of amides is 3. The van der Waals surface area contributed by atoms with E-state index in [4.69, 9.17) is 5.26 Å². The number of rotatable bonds is 3. The minimum atomic E-state index is -0.733. The van der Waals surface area contributed by atoms with Crippen molar-refractivity contribution in [3.8, 4) is 6.07 Å². The van der Waals surface area contributed by atoms with Crippen molar-refractivity contribution >= 4 is 23.4 Å². The van der Waals surface area contributed by atoms with Gasteiger partial charge in [0.15, 0.2) is 0 Å². The average Bonchev–Trinajstić information content (AvgIpc) is 2.65. The zero-order valence-corrected chi connectivity index (χ0v) is 11.1. The molecule has 6 nitrogen and oxygen atoms in total. The van der Waals surface area contributed by atoms with Gasteiger partial charge in [-0.3, -0.25) is 19.3 Å². The van der Waals surface area contributed by atoms with Crippen LogP contribution in [0.3, 0.4) is 0 Å². The van der Waals surface area contributed by atoms with Crippen LogP contribution in [0.5, 0.6) is 0 Å². The first kappa shape index (κ1) is 13.7. The second kappa shape index (κ2) is 5.13. The monoisotopic (exact) mass is 271 g/mol. The first-order valence-electron chi connectivity index (χ1n) is 6.16. The summed E-state index contributed by atoms with van der Waals surface area (Å²) in [6.07, 6.45) is 0.410. The van der Waals surface area contributed by atoms with E-state index in [2.05, 4.69) is 5.32 Å². The van der Waals surface area contributed by atoms with Gasteiger partial charge in [0.1, 0.15) is 5.92 Å². The Morgan fingerprint density at radius 3 is 2.60 bits per heavy atom. The van der Waals surface area contributed by atoms with Crippen molar-refractivity contribution in [1.82, 2.24) is 4.90 Å². The fourth-order valence-corrected chi connectivity index (χ4v) is 2.00. The number of anilines is 1. The molecule has 20 heavy (non-hydrogen) atoms. The van der Waals surface area contributed by atoms with Crippen molar-refractivity contribution < 1.29 is 14.4 Å². The van der Waals surface area contributed by atoms with E-state index in [9.17, 15) is 14.4 Å². The zero-order chi connectivity index (χ0) is 14.9. The van der Waals surface area contributed by atoms with Crippen LogP contribution >= 0.6 is 0 Å². The highest BCUT2D eigenvalue weighted by molar-refractivity contribution is 6.21. The summed E-state index contributed by atoms with van der Waals surface area (Å²) in [6.45, 7) is 1.74. The molecule has 1 aromatic rings. The van der Waals surface area contributed by atoms with E-state index in [1.54, 1.807) is 13.0 Å². The maximum absolute atomic E-state index is 11.8. The maximum Gasteiger partial charge on any atom is 0.261 e. The van der Waals surface area contributed by atoms with Crippen LogP contribution in [0.1, 0.15) is 34.1 Å². The van der Waals surface area contributed by atoms with Crippen molar-refractivity contribution in [2.24, 2.45) is 5.92 Å². The number of imide groups is 1. The van der Waals surface area contributed by atoms with Crippen LogP contribution in [0, 0.1) is 17.2 Å². The van der Waals surface area contributed by atoms with Crippen LogP contribution in [0.25, 0.3) is 0 Å². The number of carbonyl (C=O) groups excluding carboxylic acids is 3. The van der Waals surface area contributed by atoms with E-state index >= 15 is 0 Å². The molecule has 1 atom stereocenters. The van der Waals surface area contributed by atoms with Gasteiger partial charge >= 0.3 is 0 Å². The van der Waals surface area contributed by atoms with Crippen LogP contribution in [0.15, 0.2) is 18.2 Å². The molecule has 0 saturated carbocycles. The summed E-state index contributed by atoms with van der Waals surface area (Å²) in [6, 6.07) is 6.41. The first-order valence-corrected chi connectivity index (χ1v) is 6.16. The Bertz CT molecular complexity index is 646. The summed E-state index contributed by atoms with van der Waals surface area (Å²) in [7, 11) is 1.41. The van der Waals surface area contributed by atoms with Gasteiger partial charge in [-0.05, 0) is 24.6 Å². The standard InChI is InChI=1S/C14H13N3O3/c1-3-8(7-15)12(18)16-9-4-5-10-11(6-9)14(20)17(2)13(10)19/h4-6,8H,3H2,1-2H3,(H,16,18). The number of carbonyl (C=O) groups is 3. The predicted octanol–water partition coefficient (Wildman–Crippen LogP) is 1.40. The molecule has 1 aliphatic rings. The molecule has 1 N–H and O–H groups in total. The Morgan fingerprint density at radius 2 is 2.00 bits per heavy atom. The number of nitrogens with one attached hydrogen (secondary N) is 1. The van der Waals surface area contributed by atoms with Crippen molar-refractivity contribution in [2.75, 3.05) is 12.4 Å². The van der Waals surface area contributed by atoms with E-state index in [0.717, 1.165) is 4.90 Å². The maximum atomic E-state index is 11.8. The minimum Gasteiger partial charge on any atom is -0.325 e. The predicted molar refractivity (Wildman–Crippen MR) is 70.9 cm³/mol. The van der Waals surface area contributed by atoms with Gasteiger partial charge < -0.3 is 5.32 Å². The fourth-order valence-electron chi connectivity index (χ4n) is 2.00. The number of nitriles is 1. The molecule has 1 aliphatic heterocycles. The third-order valence-corrected chi connectivity index (χ3v) is 3.24. The Kier molecular flexibility index (Phi) is 3.53. The van der Waals surface area contributed by atoms with Gasteiger partial charge in [0, 0.05) is 12.7 Å². The smallest absolute Gasteiger partial charge is 0.261 e. The molecule has 0 spiro atoms. The molecule has 102 valence electrons. The van der Waals surface area contributed by atoms with Crippen LogP contribution in [0.4, 0.5) is 5.69 Å². The summed E-state index contributed by atoms with van der Waals surface area (Å²) < 4.78 is 0. The quantitative estimate of drug-likeness (QED) is 0.841. The highest BCUT2D eigenvalue weighted by Crippen LogP contribution is 2.25. The lowest BCUT2D eigenvalue weighted by Crippen LogP contribution is -2.24. The molecule has 0 saturated heterocycles. The van der Waals surface area contributed by atoms with Crippen LogP contribution in [-0.4, -0.2) is 29.7 Å². The lowest BCUT2D eigenvalue weighted by atomic mass is 10.1. The molecule has 6 heteroatoms. The molecule has 3 amide bonds. The summed E-state index contributed by atoms with van der Waals surface area (Å²) in [4.78, 5) is 36.4. The third-order valence-electron chi connectivity index (χ3n) is 3.24. The number of nitrogens with zero attached hydrogens (tertiary/aromatic N) is 2. The van der Waals surface area contributed by atoms with E-state index in [1.807, 2.05) is 6.07 Å². The minimum absolute atomic E-state index is 0.264. The summed E-state index contributed by atoms with van der Waals surface area (Å²) in [5, 5.41) is 11.4. The largest absolute Gasteiger partial charge is 0.325 e. The molecule has 0 aliphatic carbocycles. The van der Waals surface area contributed by atoms with Gasteiger partial charge in [-0.2, -0.15) is 5.26 Å². The molecular weight excluding hydrogens is 258 g/mol. The molecule has 1 unspecified atom stereocenters. The van der Waals surface area contributed by atoms with E-state index in [-0.39, 0.29) is 11.5 Å². The molecule has 0 aromatic heterocycles. The zero-order valence-electron chi connectivity index (χ0n) is 11.1. The van der Waals surface area contributed by atoms with Gasteiger partial charge in [0.05, 0.1) is 17.2 Å². The van der Waals surface area contributed by atoms with Crippen molar-refractivity contribution in [3.63, 3.8) is 0 Å². The molecule has 0 bridgehead atoms. The van der Waals surface area contributed by atoms with Gasteiger partial charge in [0.25, 0.3) is 11.8 Å². The number of hydrogen-bond acceptors (Lipinski definition) is 4. The summed E-state index contributed by atoms with van der Waals surface area (Å²) >= 11 is 0. The number of fused-ring (bicyclic) bond motifs is 1. The Hall–Kier alpha value is -2.68. The van der Waals surface area contributed by atoms with Gasteiger partial charge in [-0.1, -0.05) is 6.92 Å². The second-order valence-corrected chi connectivity index (χ2v) is 4.51. The molecule has 0 radical (unpaired) electrons. The molecular formula is C14H13N3O3. The van der Waals surface area contributed by atoms with E-state index < -0.39 is 17.7 Å². The SMILES string of the molecule is CCC(C#N)C(=O)Nc1ccc2c(c1)C(=O)N(C)C2=O. The first-order chi connectivity index (χ1) is 9.49. The normalized spacial score (nSPS) is 14.8. The molecule has 1 aromatic carbocycles. The van der Waals surface area contributed by atoms with Crippen molar-refractivity contribution in [3.05, 3.63) is 29.3 Å². The van der Waals surface area contributed by atoms with Gasteiger partial charge in [0.2, 0.25) is 5.91 Å². The molecule has 2 rings (SSSR count). The van der Waals surface area contributed by atoms with Crippen LogP contribution in [0.2, 0.25) is 0 Å². The second-order valence-electron chi connectivity index (χ2n) is 4.51. The average molecular weight is 271 g/mol. The van der Waals surface area contributed by atoms with Crippen molar-refractivity contribution in [1.29, 1.82) is 5.26 Å².